The van der Waals surface area contributed by atoms with Gasteiger partial charge in [-0.3, -0.25) is 4.79 Å². The molecule has 1 aromatic carbocycles. The van der Waals surface area contributed by atoms with Crippen LogP contribution in [0.25, 0.3) is 0 Å². The summed E-state index contributed by atoms with van der Waals surface area (Å²) in [5.41, 5.74) is 1.60. The minimum Gasteiger partial charge on any atom is -0.452 e. The number of esters is 1. The average molecular weight is 430 g/mol. The highest BCUT2D eigenvalue weighted by Crippen LogP contribution is 2.27. The molecule has 1 aliphatic heterocycles. The van der Waals surface area contributed by atoms with Gasteiger partial charge in [0, 0.05) is 22.9 Å². The molecule has 0 saturated heterocycles. The Hall–Kier alpha value is -2.65. The number of carbonyl (C=O) groups is 2. The minimum absolute atomic E-state index is 0.179. The van der Waals surface area contributed by atoms with Crippen molar-refractivity contribution in [1.82, 2.24) is 15.0 Å². The standard InChI is InChI=1S/C20H19N3O4S2/c1-13-21-18(27-22-13)12-29-17-5-3-2-4-15(17)20(25)26-11-19(24)23-8-6-16-14(10-23)7-9-28-16/h2-5,7,9H,6,8,10-12H2,1H3. The molecular formula is C20H19N3O4S2. The number of aromatic nitrogens is 2. The fourth-order valence-electron chi connectivity index (χ4n) is 3.06. The number of amides is 1. The second-order valence-corrected chi connectivity index (χ2v) is 8.55. The maximum absolute atomic E-state index is 12.6. The summed E-state index contributed by atoms with van der Waals surface area (Å²) in [5, 5.41) is 5.80. The Kier molecular flexibility index (Phi) is 5.96. The molecule has 1 amide bonds. The van der Waals surface area contributed by atoms with Crippen molar-refractivity contribution in [3.63, 3.8) is 0 Å². The van der Waals surface area contributed by atoms with Gasteiger partial charge < -0.3 is 14.2 Å². The molecular weight excluding hydrogens is 410 g/mol. The highest BCUT2D eigenvalue weighted by Gasteiger charge is 2.23. The first-order valence-corrected chi connectivity index (χ1v) is 11.0. The van der Waals surface area contributed by atoms with Gasteiger partial charge in [0.1, 0.15) is 0 Å². The van der Waals surface area contributed by atoms with Crippen LogP contribution in [0.1, 0.15) is 32.5 Å². The van der Waals surface area contributed by atoms with E-state index in [1.54, 1.807) is 35.3 Å². The third-order valence-corrected chi connectivity index (χ3v) is 6.60. The maximum atomic E-state index is 12.6. The molecule has 0 N–H and O–H groups in total. The molecule has 1 aliphatic rings. The molecule has 3 heterocycles. The molecule has 0 aliphatic carbocycles. The topological polar surface area (TPSA) is 85.5 Å². The number of benzene rings is 1. The van der Waals surface area contributed by atoms with Gasteiger partial charge in [0.15, 0.2) is 12.4 Å². The zero-order valence-electron chi connectivity index (χ0n) is 15.8. The molecule has 0 atom stereocenters. The summed E-state index contributed by atoms with van der Waals surface area (Å²) in [7, 11) is 0. The quantitative estimate of drug-likeness (QED) is 0.438. The van der Waals surface area contributed by atoms with Crippen LogP contribution in [0.2, 0.25) is 0 Å². The van der Waals surface area contributed by atoms with Gasteiger partial charge in [0.25, 0.3) is 5.91 Å². The van der Waals surface area contributed by atoms with Crippen LogP contribution >= 0.6 is 23.1 Å². The number of rotatable bonds is 6. The SMILES string of the molecule is Cc1noc(CSc2ccccc2C(=O)OCC(=O)N2CCc3sccc3C2)n1. The van der Waals surface area contributed by atoms with E-state index in [1.165, 1.54) is 22.2 Å². The van der Waals surface area contributed by atoms with Crippen LogP contribution in [0.15, 0.2) is 45.1 Å². The molecule has 150 valence electrons. The van der Waals surface area contributed by atoms with E-state index in [9.17, 15) is 9.59 Å². The van der Waals surface area contributed by atoms with E-state index in [1.807, 2.05) is 23.6 Å². The number of hydrogen-bond acceptors (Lipinski definition) is 8. The smallest absolute Gasteiger partial charge is 0.339 e. The van der Waals surface area contributed by atoms with Gasteiger partial charge in [-0.2, -0.15) is 4.98 Å². The molecule has 3 aromatic rings. The van der Waals surface area contributed by atoms with E-state index in [0.717, 1.165) is 11.3 Å². The van der Waals surface area contributed by atoms with Crippen molar-refractivity contribution in [2.75, 3.05) is 13.2 Å². The third-order valence-electron chi connectivity index (χ3n) is 4.51. The highest BCUT2D eigenvalue weighted by atomic mass is 32.2. The number of aryl methyl sites for hydroxylation is 1. The number of fused-ring (bicyclic) bond motifs is 1. The van der Waals surface area contributed by atoms with Crippen LogP contribution in [0, 0.1) is 6.92 Å². The summed E-state index contributed by atoms with van der Waals surface area (Å²) in [6.45, 7) is 2.72. The first-order chi connectivity index (χ1) is 14.1. The molecule has 0 bridgehead atoms. The summed E-state index contributed by atoms with van der Waals surface area (Å²) < 4.78 is 10.4. The molecule has 0 saturated carbocycles. The lowest BCUT2D eigenvalue weighted by Crippen LogP contribution is -2.38. The van der Waals surface area contributed by atoms with Crippen molar-refractivity contribution >= 4 is 35.0 Å². The van der Waals surface area contributed by atoms with Crippen LogP contribution in [0.4, 0.5) is 0 Å². The Labute approximate surface area is 176 Å². The van der Waals surface area contributed by atoms with Gasteiger partial charge in [-0.1, -0.05) is 17.3 Å². The van der Waals surface area contributed by atoms with E-state index in [4.69, 9.17) is 9.26 Å². The zero-order chi connectivity index (χ0) is 20.2. The normalized spacial score (nSPS) is 13.2. The molecule has 2 aromatic heterocycles. The van der Waals surface area contributed by atoms with Crippen molar-refractivity contribution in [3.05, 3.63) is 63.4 Å². The van der Waals surface area contributed by atoms with E-state index in [2.05, 4.69) is 10.1 Å². The Balaban J connectivity index is 1.34. The molecule has 0 spiro atoms. The number of hydrogen-bond donors (Lipinski definition) is 0. The lowest BCUT2D eigenvalue weighted by atomic mass is 10.1. The zero-order valence-corrected chi connectivity index (χ0v) is 17.4. The van der Waals surface area contributed by atoms with Crippen molar-refractivity contribution in [3.8, 4) is 0 Å². The number of thioether (sulfide) groups is 1. The van der Waals surface area contributed by atoms with Crippen LogP contribution < -0.4 is 0 Å². The van der Waals surface area contributed by atoms with E-state index in [0.29, 0.717) is 36.1 Å². The molecule has 9 heteroatoms. The Morgan fingerprint density at radius 3 is 3.00 bits per heavy atom. The van der Waals surface area contributed by atoms with Gasteiger partial charge in [0.2, 0.25) is 5.89 Å². The monoisotopic (exact) mass is 429 g/mol. The third kappa shape index (κ3) is 4.68. The Morgan fingerprint density at radius 1 is 1.31 bits per heavy atom. The van der Waals surface area contributed by atoms with E-state index in [-0.39, 0.29) is 12.5 Å². The predicted molar refractivity (Wildman–Crippen MR) is 109 cm³/mol. The first-order valence-electron chi connectivity index (χ1n) is 9.11. The maximum Gasteiger partial charge on any atom is 0.339 e. The minimum atomic E-state index is -0.517. The summed E-state index contributed by atoms with van der Waals surface area (Å²) in [6, 6.07) is 9.17. The van der Waals surface area contributed by atoms with E-state index < -0.39 is 5.97 Å². The second kappa shape index (κ2) is 8.79. The molecule has 4 rings (SSSR count). The number of nitrogens with zero attached hydrogens (tertiary/aromatic N) is 3. The average Bonchev–Trinajstić information content (AvgIpc) is 3.38. The molecule has 7 nitrogen and oxygen atoms in total. The fraction of sp³-hybridized carbons (Fsp3) is 0.300. The van der Waals surface area contributed by atoms with Crippen LogP contribution in [0.5, 0.6) is 0 Å². The van der Waals surface area contributed by atoms with Gasteiger partial charge in [-0.15, -0.1) is 23.1 Å². The summed E-state index contributed by atoms with van der Waals surface area (Å²) in [4.78, 5) is 33.0. The Morgan fingerprint density at radius 2 is 2.17 bits per heavy atom. The molecule has 0 fully saturated rings. The van der Waals surface area contributed by atoms with Crippen molar-refractivity contribution < 1.29 is 18.8 Å². The largest absolute Gasteiger partial charge is 0.452 e. The van der Waals surface area contributed by atoms with E-state index >= 15 is 0 Å². The van der Waals surface area contributed by atoms with Crippen LogP contribution in [-0.4, -0.2) is 40.1 Å². The van der Waals surface area contributed by atoms with Crippen molar-refractivity contribution in [1.29, 1.82) is 0 Å². The Bertz CT molecular complexity index is 1030. The lowest BCUT2D eigenvalue weighted by Gasteiger charge is -2.26. The number of carbonyl (C=O) groups excluding carboxylic acids is 2. The molecule has 29 heavy (non-hydrogen) atoms. The van der Waals surface area contributed by atoms with Crippen LogP contribution in [0.3, 0.4) is 0 Å². The summed E-state index contributed by atoms with van der Waals surface area (Å²) in [5.74, 6) is 0.807. The summed E-state index contributed by atoms with van der Waals surface area (Å²) >= 11 is 3.13. The van der Waals surface area contributed by atoms with Crippen molar-refractivity contribution in [2.24, 2.45) is 0 Å². The van der Waals surface area contributed by atoms with Gasteiger partial charge >= 0.3 is 5.97 Å². The predicted octanol–water partition coefficient (Wildman–Crippen LogP) is 3.47. The highest BCUT2D eigenvalue weighted by molar-refractivity contribution is 7.98. The van der Waals surface area contributed by atoms with Crippen molar-refractivity contribution in [2.45, 2.75) is 30.5 Å². The number of ether oxygens (including phenoxy) is 1. The fourth-order valence-corrected chi connectivity index (χ4v) is 4.82. The lowest BCUT2D eigenvalue weighted by molar-refractivity contribution is -0.135. The molecule has 0 radical (unpaired) electrons. The number of thiophene rings is 1. The second-order valence-electron chi connectivity index (χ2n) is 6.53. The van der Waals surface area contributed by atoms with Crippen LogP contribution in [-0.2, 0) is 28.2 Å². The summed E-state index contributed by atoms with van der Waals surface area (Å²) in [6.07, 6.45) is 0.849. The van der Waals surface area contributed by atoms with Gasteiger partial charge in [-0.25, -0.2) is 4.79 Å². The molecule has 0 unspecified atom stereocenters. The van der Waals surface area contributed by atoms with Gasteiger partial charge in [0.05, 0.1) is 11.3 Å². The van der Waals surface area contributed by atoms with Gasteiger partial charge in [-0.05, 0) is 42.5 Å². The first kappa shape index (κ1) is 19.7.